The van der Waals surface area contributed by atoms with Gasteiger partial charge in [0.2, 0.25) is 0 Å². The number of hydrogen-bond donors (Lipinski definition) is 0. The van der Waals surface area contributed by atoms with Gasteiger partial charge in [0.25, 0.3) is 0 Å². The van der Waals surface area contributed by atoms with Crippen LogP contribution in [0.15, 0.2) is 46.2 Å². The molecule has 0 aliphatic carbocycles. The summed E-state index contributed by atoms with van der Waals surface area (Å²) in [5.74, 6) is 0.0688. The number of furan rings is 1. The molecule has 1 aromatic carbocycles. The minimum Gasteiger partial charge on any atom is -0.463 e. The first-order chi connectivity index (χ1) is 10.1. The first kappa shape index (κ1) is 15.6. The number of oxime groups is 1. The molecule has 4 nitrogen and oxygen atoms in total. The molecule has 0 saturated heterocycles. The van der Waals surface area contributed by atoms with E-state index in [-0.39, 0.29) is 0 Å². The van der Waals surface area contributed by atoms with Crippen LogP contribution in [0, 0.1) is 0 Å². The third kappa shape index (κ3) is 4.09. The van der Waals surface area contributed by atoms with Gasteiger partial charge in [-0.25, -0.2) is 4.79 Å². The van der Waals surface area contributed by atoms with Gasteiger partial charge < -0.3 is 9.25 Å². The Balaban J connectivity index is 2.34. The predicted octanol–water partition coefficient (Wildman–Crippen LogP) is 4.68. The minimum atomic E-state index is -0.401. The van der Waals surface area contributed by atoms with Crippen LogP contribution >= 0.6 is 23.2 Å². The van der Waals surface area contributed by atoms with Crippen molar-refractivity contribution in [2.45, 2.75) is 19.8 Å². The molecule has 21 heavy (non-hydrogen) atoms. The van der Waals surface area contributed by atoms with Crippen molar-refractivity contribution in [1.82, 2.24) is 0 Å². The van der Waals surface area contributed by atoms with E-state index in [1.165, 1.54) is 6.26 Å². The molecule has 0 fully saturated rings. The number of rotatable bonds is 5. The molecule has 2 aromatic rings. The molecule has 0 atom stereocenters. The van der Waals surface area contributed by atoms with Crippen molar-refractivity contribution >= 4 is 34.9 Å². The molecular weight excluding hydrogens is 313 g/mol. The number of halogens is 2. The molecule has 0 saturated carbocycles. The van der Waals surface area contributed by atoms with E-state index in [0.717, 1.165) is 0 Å². The molecule has 1 aromatic heterocycles. The van der Waals surface area contributed by atoms with Gasteiger partial charge in [-0.2, -0.15) is 0 Å². The van der Waals surface area contributed by atoms with Crippen molar-refractivity contribution in [3.8, 4) is 0 Å². The molecule has 0 bridgehead atoms. The topological polar surface area (TPSA) is 51.8 Å². The third-order valence-corrected chi connectivity index (χ3v) is 3.38. The van der Waals surface area contributed by atoms with Crippen molar-refractivity contribution in [2.75, 3.05) is 0 Å². The Labute approximate surface area is 132 Å². The second-order valence-corrected chi connectivity index (χ2v) is 5.07. The Morgan fingerprint density at radius 3 is 2.71 bits per heavy atom. The van der Waals surface area contributed by atoms with Gasteiger partial charge in [-0.1, -0.05) is 41.3 Å². The summed E-state index contributed by atoms with van der Waals surface area (Å²) < 4.78 is 5.31. The van der Waals surface area contributed by atoms with Crippen LogP contribution in [0.1, 0.15) is 31.1 Å². The Hall–Kier alpha value is -1.78. The van der Waals surface area contributed by atoms with Crippen molar-refractivity contribution in [3.05, 3.63) is 58.0 Å². The van der Waals surface area contributed by atoms with E-state index < -0.39 is 5.97 Å². The van der Waals surface area contributed by atoms with E-state index in [1.807, 2.05) is 6.92 Å². The summed E-state index contributed by atoms with van der Waals surface area (Å²) in [6, 6.07) is 8.44. The largest absolute Gasteiger partial charge is 0.463 e. The molecule has 110 valence electrons. The molecule has 0 aliphatic heterocycles. The zero-order valence-corrected chi connectivity index (χ0v) is 12.8. The first-order valence-corrected chi connectivity index (χ1v) is 7.14. The summed E-state index contributed by atoms with van der Waals surface area (Å²) in [7, 11) is 0. The summed E-state index contributed by atoms with van der Waals surface area (Å²) in [5.41, 5.74) is 1.02. The lowest BCUT2D eigenvalue weighted by Crippen LogP contribution is -2.06. The van der Waals surface area contributed by atoms with Gasteiger partial charge in [0, 0.05) is 12.0 Å². The lowest BCUT2D eigenvalue weighted by molar-refractivity contribution is -0.143. The molecule has 0 N–H and O–H groups in total. The SMILES string of the molecule is CCCC(=O)O/N=C(\c1ccc(Cl)c(Cl)c1)c1ccco1. The number of nitrogens with zero attached hydrogens (tertiary/aromatic N) is 1. The lowest BCUT2D eigenvalue weighted by Gasteiger charge is -2.05. The van der Waals surface area contributed by atoms with Gasteiger partial charge in [-0.05, 0) is 30.7 Å². The van der Waals surface area contributed by atoms with Gasteiger partial charge >= 0.3 is 5.97 Å². The molecular formula is C15H13Cl2NO3. The molecule has 1 heterocycles. The van der Waals surface area contributed by atoms with Crippen LogP contribution in [-0.2, 0) is 9.63 Å². The van der Waals surface area contributed by atoms with Gasteiger partial charge in [0.05, 0.1) is 16.3 Å². The van der Waals surface area contributed by atoms with Crippen LogP contribution < -0.4 is 0 Å². The fourth-order valence-electron chi connectivity index (χ4n) is 1.64. The van der Waals surface area contributed by atoms with Crippen LogP contribution in [0.4, 0.5) is 0 Å². The van der Waals surface area contributed by atoms with Gasteiger partial charge in [0.15, 0.2) is 11.5 Å². The number of carbonyl (C=O) groups is 1. The van der Waals surface area contributed by atoms with E-state index in [0.29, 0.717) is 39.9 Å². The smallest absolute Gasteiger partial charge is 0.335 e. The molecule has 0 spiro atoms. The lowest BCUT2D eigenvalue weighted by atomic mass is 10.1. The van der Waals surface area contributed by atoms with E-state index >= 15 is 0 Å². The molecule has 0 amide bonds. The summed E-state index contributed by atoms with van der Waals surface area (Å²) in [5, 5.41) is 4.71. The van der Waals surface area contributed by atoms with Crippen LogP contribution in [0.2, 0.25) is 10.0 Å². The number of hydrogen-bond acceptors (Lipinski definition) is 4. The van der Waals surface area contributed by atoms with Crippen LogP contribution in [-0.4, -0.2) is 11.7 Å². The maximum atomic E-state index is 11.5. The standard InChI is InChI=1S/C15H13Cl2NO3/c1-2-4-14(19)21-18-15(13-5-3-8-20-13)10-6-7-11(16)12(17)9-10/h3,5-9H,2,4H2,1H3/b18-15+. The van der Waals surface area contributed by atoms with E-state index in [2.05, 4.69) is 5.16 Å². The van der Waals surface area contributed by atoms with Gasteiger partial charge in [-0.15, -0.1) is 0 Å². The normalized spacial score (nSPS) is 11.5. The maximum absolute atomic E-state index is 11.5. The molecule has 2 rings (SSSR count). The van der Waals surface area contributed by atoms with Crippen molar-refractivity contribution in [1.29, 1.82) is 0 Å². The van der Waals surface area contributed by atoms with Crippen molar-refractivity contribution in [2.24, 2.45) is 5.16 Å². The average Bonchev–Trinajstić information content (AvgIpc) is 2.97. The highest BCUT2D eigenvalue weighted by Gasteiger charge is 2.14. The van der Waals surface area contributed by atoms with Gasteiger partial charge in [0.1, 0.15) is 0 Å². The van der Waals surface area contributed by atoms with Gasteiger partial charge in [-0.3, -0.25) is 0 Å². The fraction of sp³-hybridized carbons (Fsp3) is 0.200. The second kappa shape index (κ2) is 7.29. The highest BCUT2D eigenvalue weighted by molar-refractivity contribution is 6.42. The maximum Gasteiger partial charge on any atom is 0.335 e. The second-order valence-electron chi connectivity index (χ2n) is 4.26. The van der Waals surface area contributed by atoms with E-state index in [1.54, 1.807) is 30.3 Å². The summed E-state index contributed by atoms with van der Waals surface area (Å²) in [4.78, 5) is 16.4. The molecule has 6 heteroatoms. The zero-order chi connectivity index (χ0) is 15.2. The van der Waals surface area contributed by atoms with Crippen molar-refractivity contribution in [3.63, 3.8) is 0 Å². The Kier molecular flexibility index (Phi) is 5.42. The summed E-state index contributed by atoms with van der Waals surface area (Å²) in [6.07, 6.45) is 2.50. The predicted molar refractivity (Wildman–Crippen MR) is 81.8 cm³/mol. The zero-order valence-electron chi connectivity index (χ0n) is 11.3. The third-order valence-electron chi connectivity index (χ3n) is 2.64. The first-order valence-electron chi connectivity index (χ1n) is 6.39. The molecule has 0 aliphatic rings. The highest BCUT2D eigenvalue weighted by atomic mass is 35.5. The Morgan fingerprint density at radius 2 is 2.10 bits per heavy atom. The number of carbonyl (C=O) groups excluding carboxylic acids is 1. The summed E-state index contributed by atoms with van der Waals surface area (Å²) in [6.45, 7) is 1.89. The van der Waals surface area contributed by atoms with Crippen molar-refractivity contribution < 1.29 is 14.0 Å². The molecule has 0 radical (unpaired) electrons. The van der Waals surface area contributed by atoms with E-state index in [4.69, 9.17) is 32.5 Å². The summed E-state index contributed by atoms with van der Waals surface area (Å²) >= 11 is 11.9. The van der Waals surface area contributed by atoms with Crippen LogP contribution in [0.25, 0.3) is 0 Å². The molecule has 0 unspecified atom stereocenters. The minimum absolute atomic E-state index is 0.302. The van der Waals surface area contributed by atoms with Crippen LogP contribution in [0.3, 0.4) is 0 Å². The van der Waals surface area contributed by atoms with E-state index in [9.17, 15) is 4.79 Å². The number of benzene rings is 1. The Bertz CT molecular complexity index is 651. The van der Waals surface area contributed by atoms with Crippen LogP contribution in [0.5, 0.6) is 0 Å². The average molecular weight is 326 g/mol. The quantitative estimate of drug-likeness (QED) is 0.455. The monoisotopic (exact) mass is 325 g/mol. The fourth-order valence-corrected chi connectivity index (χ4v) is 1.94. The highest BCUT2D eigenvalue weighted by Crippen LogP contribution is 2.24. The Morgan fingerprint density at radius 1 is 1.29 bits per heavy atom.